The minimum atomic E-state index is -3.27. The first-order valence-electron chi connectivity index (χ1n) is 5.56. The molecule has 0 atom stereocenters. The van der Waals surface area contributed by atoms with Gasteiger partial charge in [0.05, 0.1) is 12.4 Å². The van der Waals surface area contributed by atoms with Gasteiger partial charge >= 0.3 is 0 Å². The lowest BCUT2D eigenvalue weighted by atomic mass is 10.1. The first kappa shape index (κ1) is 12.4. The summed E-state index contributed by atoms with van der Waals surface area (Å²) in [6.07, 6.45) is 0. The third-order valence-corrected chi connectivity index (χ3v) is 5.41. The molecular weight excluding hydrogens is 238 g/mol. The average Bonchev–Trinajstić information content (AvgIpc) is 2.18. The maximum absolute atomic E-state index is 12.3. The lowest BCUT2D eigenvalue weighted by molar-refractivity contribution is 0.400. The molecule has 1 aromatic carbocycles. The summed E-state index contributed by atoms with van der Waals surface area (Å²) < 4.78 is 29.9. The van der Waals surface area contributed by atoms with Gasteiger partial charge in [-0.2, -0.15) is 0 Å². The molecule has 1 saturated heterocycles. The Labute approximate surface area is 102 Å². The zero-order chi connectivity index (χ0) is 12.6. The first-order chi connectivity index (χ1) is 7.96. The van der Waals surface area contributed by atoms with Gasteiger partial charge in [0.15, 0.2) is 9.84 Å². The second kappa shape index (κ2) is 4.31. The van der Waals surface area contributed by atoms with E-state index in [1.807, 2.05) is 13.8 Å². The van der Waals surface area contributed by atoms with E-state index in [1.165, 1.54) is 7.11 Å². The monoisotopic (exact) mass is 255 g/mol. The summed E-state index contributed by atoms with van der Waals surface area (Å²) in [6.45, 7) is 4.91. The highest BCUT2D eigenvalue weighted by atomic mass is 32.2. The van der Waals surface area contributed by atoms with Gasteiger partial charge in [-0.1, -0.05) is 0 Å². The van der Waals surface area contributed by atoms with Crippen LogP contribution in [0.1, 0.15) is 11.1 Å². The smallest absolute Gasteiger partial charge is 0.187 e. The van der Waals surface area contributed by atoms with Gasteiger partial charge < -0.3 is 10.1 Å². The summed E-state index contributed by atoms with van der Waals surface area (Å²) in [5.41, 5.74) is 2.00. The standard InChI is InChI=1S/C12H17NO3S/c1-8-4-11(16-3)12(5-9(8)2)17(14,15)10-6-13-7-10/h4-5,10,13H,6-7H2,1-3H3. The van der Waals surface area contributed by atoms with Gasteiger partial charge in [0.25, 0.3) is 0 Å². The van der Waals surface area contributed by atoms with Crippen LogP contribution in [0, 0.1) is 13.8 Å². The number of hydrogen-bond donors (Lipinski definition) is 1. The van der Waals surface area contributed by atoms with Crippen LogP contribution < -0.4 is 10.1 Å². The van der Waals surface area contributed by atoms with Crippen molar-refractivity contribution < 1.29 is 13.2 Å². The SMILES string of the molecule is COc1cc(C)c(C)cc1S(=O)(=O)C1CNC1. The Balaban J connectivity index is 2.54. The van der Waals surface area contributed by atoms with Gasteiger partial charge in [-0.25, -0.2) is 8.42 Å². The van der Waals surface area contributed by atoms with Crippen molar-refractivity contribution in [1.29, 1.82) is 0 Å². The summed E-state index contributed by atoms with van der Waals surface area (Å²) >= 11 is 0. The van der Waals surface area contributed by atoms with Crippen molar-refractivity contribution >= 4 is 9.84 Å². The molecular formula is C12H17NO3S. The topological polar surface area (TPSA) is 55.4 Å². The van der Waals surface area contributed by atoms with Crippen LogP contribution in [0.4, 0.5) is 0 Å². The van der Waals surface area contributed by atoms with E-state index in [2.05, 4.69) is 5.32 Å². The Morgan fingerprint density at radius 1 is 1.24 bits per heavy atom. The second-order valence-electron chi connectivity index (χ2n) is 4.41. The Kier molecular flexibility index (Phi) is 3.14. The number of aryl methyl sites for hydroxylation is 2. The van der Waals surface area contributed by atoms with Crippen LogP contribution in [0.2, 0.25) is 0 Å². The number of nitrogens with one attached hydrogen (secondary N) is 1. The quantitative estimate of drug-likeness (QED) is 0.877. The van der Waals surface area contributed by atoms with E-state index in [4.69, 9.17) is 4.74 Å². The molecule has 1 N–H and O–H groups in total. The van der Waals surface area contributed by atoms with Crippen LogP contribution in [-0.4, -0.2) is 33.9 Å². The van der Waals surface area contributed by atoms with E-state index in [9.17, 15) is 8.42 Å². The number of hydrogen-bond acceptors (Lipinski definition) is 4. The fraction of sp³-hybridized carbons (Fsp3) is 0.500. The van der Waals surface area contributed by atoms with E-state index in [1.54, 1.807) is 12.1 Å². The predicted octanol–water partition coefficient (Wildman–Crippen LogP) is 1.06. The molecule has 1 aromatic rings. The van der Waals surface area contributed by atoms with E-state index < -0.39 is 9.84 Å². The molecule has 0 aliphatic carbocycles. The predicted molar refractivity (Wildman–Crippen MR) is 66.3 cm³/mol. The average molecular weight is 255 g/mol. The van der Waals surface area contributed by atoms with Crippen molar-refractivity contribution in [2.24, 2.45) is 0 Å². The highest BCUT2D eigenvalue weighted by molar-refractivity contribution is 7.92. The zero-order valence-corrected chi connectivity index (χ0v) is 11.1. The number of rotatable bonds is 3. The van der Waals surface area contributed by atoms with Crippen LogP contribution in [0.15, 0.2) is 17.0 Å². The van der Waals surface area contributed by atoms with Gasteiger partial charge in [-0.05, 0) is 37.1 Å². The Morgan fingerprint density at radius 3 is 2.29 bits per heavy atom. The Morgan fingerprint density at radius 2 is 1.82 bits per heavy atom. The highest BCUT2D eigenvalue weighted by Crippen LogP contribution is 2.30. The minimum Gasteiger partial charge on any atom is -0.495 e. The van der Waals surface area contributed by atoms with Crippen molar-refractivity contribution in [1.82, 2.24) is 5.32 Å². The normalized spacial score (nSPS) is 16.6. The summed E-state index contributed by atoms with van der Waals surface area (Å²) in [6, 6.07) is 3.50. The van der Waals surface area contributed by atoms with Crippen molar-refractivity contribution in [2.45, 2.75) is 24.0 Å². The van der Waals surface area contributed by atoms with Crippen LogP contribution in [0.5, 0.6) is 5.75 Å². The molecule has 0 amide bonds. The van der Waals surface area contributed by atoms with Gasteiger partial charge in [-0.3, -0.25) is 0 Å². The zero-order valence-electron chi connectivity index (χ0n) is 10.3. The number of benzene rings is 1. The maximum atomic E-state index is 12.3. The summed E-state index contributed by atoms with van der Waals surface area (Å²) in [5.74, 6) is 0.444. The van der Waals surface area contributed by atoms with Crippen molar-refractivity contribution in [3.63, 3.8) is 0 Å². The maximum Gasteiger partial charge on any atom is 0.187 e. The molecule has 5 heteroatoms. The molecule has 1 aliphatic rings. The number of ether oxygens (including phenoxy) is 1. The van der Waals surface area contributed by atoms with Crippen molar-refractivity contribution in [2.75, 3.05) is 20.2 Å². The fourth-order valence-electron chi connectivity index (χ4n) is 1.81. The first-order valence-corrected chi connectivity index (χ1v) is 7.11. The third kappa shape index (κ3) is 2.05. The third-order valence-electron chi connectivity index (χ3n) is 3.27. The van der Waals surface area contributed by atoms with E-state index >= 15 is 0 Å². The summed E-state index contributed by atoms with van der Waals surface area (Å²) in [4.78, 5) is 0.314. The molecule has 0 saturated carbocycles. The van der Waals surface area contributed by atoms with Gasteiger partial charge in [0.1, 0.15) is 10.6 Å². The van der Waals surface area contributed by atoms with Crippen LogP contribution >= 0.6 is 0 Å². The minimum absolute atomic E-state index is 0.314. The molecule has 0 bridgehead atoms. The molecule has 0 radical (unpaired) electrons. The van der Waals surface area contributed by atoms with Crippen LogP contribution in [-0.2, 0) is 9.84 Å². The van der Waals surface area contributed by atoms with Gasteiger partial charge in [-0.15, -0.1) is 0 Å². The molecule has 1 fully saturated rings. The molecule has 1 aliphatic heterocycles. The largest absolute Gasteiger partial charge is 0.495 e. The van der Waals surface area contributed by atoms with Crippen LogP contribution in [0.25, 0.3) is 0 Å². The molecule has 0 aromatic heterocycles. The highest BCUT2D eigenvalue weighted by Gasteiger charge is 2.34. The Hall–Kier alpha value is -1.07. The van der Waals surface area contributed by atoms with Gasteiger partial charge in [0, 0.05) is 13.1 Å². The molecule has 4 nitrogen and oxygen atoms in total. The number of methoxy groups -OCH3 is 1. The fourth-order valence-corrected chi connectivity index (χ4v) is 3.60. The van der Waals surface area contributed by atoms with E-state index in [0.29, 0.717) is 23.7 Å². The summed E-state index contributed by atoms with van der Waals surface area (Å²) in [5, 5.41) is 2.66. The lowest BCUT2D eigenvalue weighted by Gasteiger charge is -2.27. The summed E-state index contributed by atoms with van der Waals surface area (Å²) in [7, 11) is -1.77. The molecule has 2 rings (SSSR count). The van der Waals surface area contributed by atoms with E-state index in [0.717, 1.165) is 11.1 Å². The molecule has 1 heterocycles. The van der Waals surface area contributed by atoms with Crippen molar-refractivity contribution in [3.05, 3.63) is 23.3 Å². The number of sulfone groups is 1. The Bertz CT molecular complexity index is 533. The molecule has 94 valence electrons. The van der Waals surface area contributed by atoms with Crippen molar-refractivity contribution in [3.8, 4) is 5.75 Å². The van der Waals surface area contributed by atoms with Gasteiger partial charge in [0.2, 0.25) is 0 Å². The molecule has 17 heavy (non-hydrogen) atoms. The molecule has 0 spiro atoms. The van der Waals surface area contributed by atoms with E-state index in [-0.39, 0.29) is 5.25 Å². The lowest BCUT2D eigenvalue weighted by Crippen LogP contribution is -2.51. The molecule has 0 unspecified atom stereocenters. The van der Waals surface area contributed by atoms with Crippen LogP contribution in [0.3, 0.4) is 0 Å². The second-order valence-corrected chi connectivity index (χ2v) is 6.61.